The van der Waals surface area contributed by atoms with Crippen molar-refractivity contribution in [3.8, 4) is 28.7 Å². The first-order valence-corrected chi connectivity index (χ1v) is 10.8. The van der Waals surface area contributed by atoms with Crippen molar-refractivity contribution in [1.82, 2.24) is 9.97 Å². The second kappa shape index (κ2) is 9.34. The number of para-hydroxylation sites is 2. The normalized spacial score (nSPS) is 10.8. The number of phenolic OH excluding ortho intramolecular Hbond substituents is 1. The van der Waals surface area contributed by atoms with E-state index >= 15 is 0 Å². The third-order valence-electron chi connectivity index (χ3n) is 5.72. The molecule has 2 heterocycles. The molecule has 34 heavy (non-hydrogen) atoms. The van der Waals surface area contributed by atoms with E-state index in [1.54, 1.807) is 6.07 Å². The van der Waals surface area contributed by atoms with Gasteiger partial charge in [-0.15, -0.1) is 0 Å². The third kappa shape index (κ3) is 4.31. The van der Waals surface area contributed by atoms with E-state index in [9.17, 15) is 5.11 Å². The minimum atomic E-state index is 0. The Bertz CT molecular complexity index is 1530. The standard InChI is InChI=1S/C28H24N2O3.Al/c1-16-15-24(32-22-9-5-7-20-13-11-17(2)29-25(20)22)28(19(4)27(16)31)33-23-10-6-8-21-14-12-18(3)30-26(21)23;/h5-15,31H,1-4H3;. The van der Waals surface area contributed by atoms with E-state index in [0.29, 0.717) is 34.1 Å². The van der Waals surface area contributed by atoms with Gasteiger partial charge in [-0.3, -0.25) is 0 Å². The number of rotatable bonds is 4. The van der Waals surface area contributed by atoms with Gasteiger partial charge in [0.2, 0.25) is 0 Å². The van der Waals surface area contributed by atoms with Crippen molar-refractivity contribution in [3.63, 3.8) is 0 Å². The lowest BCUT2D eigenvalue weighted by Crippen LogP contribution is -1.97. The lowest BCUT2D eigenvalue weighted by Gasteiger charge is -2.18. The maximum atomic E-state index is 10.7. The summed E-state index contributed by atoms with van der Waals surface area (Å²) in [6.45, 7) is 7.56. The van der Waals surface area contributed by atoms with E-state index in [1.165, 1.54) is 0 Å². The molecule has 0 aliphatic heterocycles. The SMILES string of the molecule is Cc1ccc2cccc(Oc3cc(C)c(O)c(C)c3Oc3cccc4ccc(C)nc34)c2n1.[Al]. The minimum absolute atomic E-state index is 0. The quantitative estimate of drug-likeness (QED) is 0.293. The van der Waals surface area contributed by atoms with E-state index in [0.717, 1.165) is 33.2 Å². The summed E-state index contributed by atoms with van der Waals surface area (Å²) in [6, 6.07) is 21.4. The van der Waals surface area contributed by atoms with Crippen LogP contribution in [-0.4, -0.2) is 32.4 Å². The van der Waals surface area contributed by atoms with Crippen LogP contribution in [0.1, 0.15) is 22.5 Å². The fraction of sp³-hybridized carbons (Fsp3) is 0.143. The predicted octanol–water partition coefficient (Wildman–Crippen LogP) is 6.93. The van der Waals surface area contributed by atoms with Crippen molar-refractivity contribution in [1.29, 1.82) is 0 Å². The van der Waals surface area contributed by atoms with E-state index in [-0.39, 0.29) is 23.1 Å². The van der Waals surface area contributed by atoms with Crippen LogP contribution in [0, 0.1) is 27.7 Å². The monoisotopic (exact) mass is 463 g/mol. The van der Waals surface area contributed by atoms with Crippen molar-refractivity contribution in [3.05, 3.63) is 89.2 Å². The predicted molar refractivity (Wildman–Crippen MR) is 136 cm³/mol. The molecule has 5 nitrogen and oxygen atoms in total. The summed E-state index contributed by atoms with van der Waals surface area (Å²) in [6.07, 6.45) is 0. The summed E-state index contributed by atoms with van der Waals surface area (Å²) in [5, 5.41) is 12.6. The van der Waals surface area contributed by atoms with Gasteiger partial charge in [0.1, 0.15) is 16.8 Å². The molecule has 0 bridgehead atoms. The molecule has 0 spiro atoms. The Morgan fingerprint density at radius 3 is 1.74 bits per heavy atom. The summed E-state index contributed by atoms with van der Waals surface area (Å²) in [4.78, 5) is 9.34. The smallest absolute Gasteiger partial charge is 0.176 e. The van der Waals surface area contributed by atoms with Gasteiger partial charge in [-0.25, -0.2) is 9.97 Å². The third-order valence-corrected chi connectivity index (χ3v) is 5.72. The van der Waals surface area contributed by atoms with Crippen LogP contribution in [0.2, 0.25) is 0 Å². The number of hydrogen-bond acceptors (Lipinski definition) is 5. The highest BCUT2D eigenvalue weighted by Gasteiger charge is 2.19. The van der Waals surface area contributed by atoms with Crippen molar-refractivity contribution in [2.24, 2.45) is 0 Å². The summed E-state index contributed by atoms with van der Waals surface area (Å²) in [5.41, 5.74) is 4.63. The van der Waals surface area contributed by atoms with Gasteiger partial charge in [0.25, 0.3) is 0 Å². The highest BCUT2D eigenvalue weighted by atomic mass is 27.0. The second-order valence-electron chi connectivity index (χ2n) is 8.26. The van der Waals surface area contributed by atoms with Gasteiger partial charge in [-0.05, 0) is 63.6 Å². The Kier molecular flexibility index (Phi) is 6.48. The molecule has 6 heteroatoms. The zero-order valence-corrected chi connectivity index (χ0v) is 20.7. The summed E-state index contributed by atoms with van der Waals surface area (Å²) < 4.78 is 12.8. The number of aryl methyl sites for hydroxylation is 3. The van der Waals surface area contributed by atoms with Gasteiger partial charge in [0.15, 0.2) is 23.0 Å². The number of aromatic hydroxyl groups is 1. The number of aromatic nitrogens is 2. The van der Waals surface area contributed by atoms with E-state index in [4.69, 9.17) is 9.47 Å². The van der Waals surface area contributed by atoms with Gasteiger partial charge in [0.05, 0.1) is 0 Å². The van der Waals surface area contributed by atoms with Crippen LogP contribution in [-0.2, 0) is 0 Å². The molecule has 1 N–H and O–H groups in total. The number of nitrogens with zero attached hydrogens (tertiary/aromatic N) is 2. The molecule has 0 saturated carbocycles. The molecular formula is C28H24AlN2O3. The number of ether oxygens (including phenoxy) is 2. The van der Waals surface area contributed by atoms with Crippen LogP contribution in [0.15, 0.2) is 66.7 Å². The molecule has 0 atom stereocenters. The molecular weight excluding hydrogens is 439 g/mol. The van der Waals surface area contributed by atoms with Gasteiger partial charge in [0, 0.05) is 45.1 Å². The molecule has 5 aromatic rings. The molecule has 0 aliphatic carbocycles. The Morgan fingerprint density at radius 2 is 1.18 bits per heavy atom. The van der Waals surface area contributed by atoms with Crippen LogP contribution < -0.4 is 9.47 Å². The Balaban J connectivity index is 0.00000274. The number of benzene rings is 3. The number of hydrogen-bond donors (Lipinski definition) is 1. The van der Waals surface area contributed by atoms with Gasteiger partial charge >= 0.3 is 0 Å². The number of phenols is 1. The maximum Gasteiger partial charge on any atom is 0.176 e. The lowest BCUT2D eigenvalue weighted by molar-refractivity contribution is 0.408. The molecule has 3 aromatic carbocycles. The van der Waals surface area contributed by atoms with Crippen molar-refractivity contribution in [2.75, 3.05) is 0 Å². The van der Waals surface area contributed by atoms with Crippen molar-refractivity contribution in [2.45, 2.75) is 27.7 Å². The second-order valence-corrected chi connectivity index (χ2v) is 8.26. The Morgan fingerprint density at radius 1 is 0.647 bits per heavy atom. The average Bonchev–Trinajstić information content (AvgIpc) is 2.80. The van der Waals surface area contributed by atoms with Crippen LogP contribution in [0.4, 0.5) is 0 Å². The van der Waals surface area contributed by atoms with Crippen LogP contribution >= 0.6 is 0 Å². The molecule has 0 amide bonds. The topological polar surface area (TPSA) is 64.5 Å². The number of pyridine rings is 2. The molecule has 5 rings (SSSR count). The Hall–Kier alpha value is -3.59. The first kappa shape index (κ1) is 23.6. The first-order valence-electron chi connectivity index (χ1n) is 10.8. The van der Waals surface area contributed by atoms with Crippen LogP contribution in [0.25, 0.3) is 21.8 Å². The van der Waals surface area contributed by atoms with Gasteiger partial charge in [-0.2, -0.15) is 0 Å². The van der Waals surface area contributed by atoms with Crippen LogP contribution in [0.5, 0.6) is 28.7 Å². The molecule has 167 valence electrons. The summed E-state index contributed by atoms with van der Waals surface area (Å²) in [7, 11) is 0. The van der Waals surface area contributed by atoms with Crippen molar-refractivity contribution < 1.29 is 14.6 Å². The van der Waals surface area contributed by atoms with Gasteiger partial charge < -0.3 is 14.6 Å². The lowest BCUT2D eigenvalue weighted by atomic mass is 10.1. The zero-order chi connectivity index (χ0) is 23.1. The average molecular weight is 463 g/mol. The van der Waals surface area contributed by atoms with Gasteiger partial charge in [-0.1, -0.05) is 36.4 Å². The fourth-order valence-corrected chi connectivity index (χ4v) is 3.95. The Labute approximate surface area is 209 Å². The zero-order valence-electron chi connectivity index (χ0n) is 19.6. The highest BCUT2D eigenvalue weighted by Crippen LogP contribution is 2.45. The molecule has 0 fully saturated rings. The molecule has 0 aliphatic rings. The summed E-state index contributed by atoms with van der Waals surface area (Å²) in [5.74, 6) is 2.34. The molecule has 0 unspecified atom stereocenters. The molecule has 0 saturated heterocycles. The number of fused-ring (bicyclic) bond motifs is 2. The highest BCUT2D eigenvalue weighted by molar-refractivity contribution is 5.86. The largest absolute Gasteiger partial charge is 0.507 e. The van der Waals surface area contributed by atoms with Crippen molar-refractivity contribution >= 4 is 39.2 Å². The summed E-state index contributed by atoms with van der Waals surface area (Å²) >= 11 is 0. The minimum Gasteiger partial charge on any atom is -0.507 e. The fourth-order valence-electron chi connectivity index (χ4n) is 3.95. The van der Waals surface area contributed by atoms with Crippen LogP contribution in [0.3, 0.4) is 0 Å². The maximum absolute atomic E-state index is 10.7. The molecule has 2 aromatic heterocycles. The van der Waals surface area contributed by atoms with E-state index in [1.807, 2.05) is 88.4 Å². The first-order chi connectivity index (χ1) is 15.9. The van der Waals surface area contributed by atoms with E-state index in [2.05, 4.69) is 9.97 Å². The molecule has 3 radical (unpaired) electrons. The van der Waals surface area contributed by atoms with E-state index < -0.39 is 0 Å².